The van der Waals surface area contributed by atoms with E-state index in [-0.39, 0.29) is 6.42 Å². The molecule has 1 aromatic carbocycles. The monoisotopic (exact) mass is 279 g/mol. The maximum absolute atomic E-state index is 10.5. The highest BCUT2D eigenvalue weighted by Gasteiger charge is 2.11. The first kappa shape index (κ1) is 16.7. The number of carbonyl (C=O) groups is 1. The number of carboxylic acid groups (broad SMARTS) is 1. The molecule has 0 aliphatic heterocycles. The predicted octanol–water partition coefficient (Wildman–Crippen LogP) is 2.33. The lowest BCUT2D eigenvalue weighted by Crippen LogP contribution is -2.27. The molecule has 112 valence electrons. The van der Waals surface area contributed by atoms with Crippen LogP contribution in [-0.2, 0) is 11.2 Å². The summed E-state index contributed by atoms with van der Waals surface area (Å²) in [6.07, 6.45) is 0.549. The smallest absolute Gasteiger partial charge is 0.304 e. The fourth-order valence-electron chi connectivity index (χ4n) is 2.13. The van der Waals surface area contributed by atoms with E-state index < -0.39 is 12.1 Å². The number of benzene rings is 1. The van der Waals surface area contributed by atoms with Gasteiger partial charge in [-0.2, -0.15) is 0 Å². The predicted molar refractivity (Wildman–Crippen MR) is 79.7 cm³/mol. The molecule has 0 aromatic heterocycles. The van der Waals surface area contributed by atoms with Crippen molar-refractivity contribution in [2.24, 2.45) is 5.92 Å². The molecule has 0 fully saturated rings. The molecule has 0 spiro atoms. The maximum atomic E-state index is 10.5. The molecular formula is C16H25NO3. The van der Waals surface area contributed by atoms with E-state index in [9.17, 15) is 9.90 Å². The minimum Gasteiger partial charge on any atom is -0.481 e. The number of hydrogen-bond donors (Lipinski definition) is 2. The van der Waals surface area contributed by atoms with Gasteiger partial charge in [-0.05, 0) is 30.5 Å². The average Bonchev–Trinajstić information content (AvgIpc) is 2.36. The van der Waals surface area contributed by atoms with Gasteiger partial charge in [-0.15, -0.1) is 0 Å². The molecule has 0 bridgehead atoms. The normalized spacial score (nSPS) is 12.9. The summed E-state index contributed by atoms with van der Waals surface area (Å²) in [6.45, 7) is 5.25. The van der Waals surface area contributed by atoms with E-state index >= 15 is 0 Å². The van der Waals surface area contributed by atoms with Crippen LogP contribution in [0.15, 0.2) is 24.3 Å². The highest BCUT2D eigenvalue weighted by Crippen LogP contribution is 2.16. The summed E-state index contributed by atoms with van der Waals surface area (Å²) in [4.78, 5) is 12.3. The van der Waals surface area contributed by atoms with Crippen molar-refractivity contribution in [2.75, 3.05) is 20.1 Å². The van der Waals surface area contributed by atoms with Crippen LogP contribution in [0.3, 0.4) is 0 Å². The van der Waals surface area contributed by atoms with Crippen molar-refractivity contribution >= 4 is 5.97 Å². The van der Waals surface area contributed by atoms with Crippen molar-refractivity contribution in [3.8, 4) is 0 Å². The van der Waals surface area contributed by atoms with Gasteiger partial charge in [0.25, 0.3) is 0 Å². The minimum absolute atomic E-state index is 0.0938. The van der Waals surface area contributed by atoms with Crippen LogP contribution in [0.5, 0.6) is 0 Å². The first-order valence-corrected chi connectivity index (χ1v) is 7.05. The summed E-state index contributed by atoms with van der Waals surface area (Å²) in [6, 6.07) is 8.01. The highest BCUT2D eigenvalue weighted by molar-refractivity contribution is 5.66. The zero-order valence-corrected chi connectivity index (χ0v) is 12.5. The summed E-state index contributed by atoms with van der Waals surface area (Å²) in [7, 11) is 1.82. The number of carboxylic acids is 1. The van der Waals surface area contributed by atoms with E-state index in [1.54, 1.807) is 0 Å². The molecule has 1 unspecified atom stereocenters. The molecule has 1 aromatic rings. The van der Waals surface area contributed by atoms with Crippen LogP contribution in [0.2, 0.25) is 0 Å². The summed E-state index contributed by atoms with van der Waals surface area (Å²) in [5.74, 6) is -0.197. The molecule has 4 heteroatoms. The minimum atomic E-state index is -0.815. The van der Waals surface area contributed by atoms with Gasteiger partial charge in [0.2, 0.25) is 0 Å². The van der Waals surface area contributed by atoms with E-state index in [1.165, 1.54) is 5.56 Å². The Morgan fingerprint density at radius 2 is 1.85 bits per heavy atom. The third-order valence-electron chi connectivity index (χ3n) is 3.20. The van der Waals surface area contributed by atoms with E-state index in [0.717, 1.165) is 12.0 Å². The van der Waals surface area contributed by atoms with Gasteiger partial charge in [0.1, 0.15) is 0 Å². The Morgan fingerprint density at radius 3 is 2.35 bits per heavy atom. The molecule has 1 atom stereocenters. The standard InChI is InChI=1S/C16H25NO3/c1-12(2)10-13-4-6-14(7-5-13)15(18)11-17(3)9-8-16(19)20/h4-7,12,15,18H,8-11H2,1-3H3,(H,19,20). The van der Waals surface area contributed by atoms with Gasteiger partial charge in [0, 0.05) is 13.1 Å². The number of hydrogen-bond acceptors (Lipinski definition) is 3. The maximum Gasteiger partial charge on any atom is 0.304 e. The van der Waals surface area contributed by atoms with E-state index in [2.05, 4.69) is 26.0 Å². The first-order valence-electron chi connectivity index (χ1n) is 7.05. The van der Waals surface area contributed by atoms with Gasteiger partial charge in [0.15, 0.2) is 0 Å². The molecule has 0 heterocycles. The van der Waals surface area contributed by atoms with Crippen molar-refractivity contribution in [3.05, 3.63) is 35.4 Å². The molecule has 0 amide bonds. The molecule has 0 radical (unpaired) electrons. The van der Waals surface area contributed by atoms with Crippen molar-refractivity contribution in [3.63, 3.8) is 0 Å². The van der Waals surface area contributed by atoms with E-state index in [1.807, 2.05) is 24.1 Å². The van der Waals surface area contributed by atoms with Crippen LogP contribution in [0, 0.1) is 5.92 Å². The number of aliphatic hydroxyl groups is 1. The topological polar surface area (TPSA) is 60.8 Å². The molecule has 0 saturated heterocycles. The zero-order chi connectivity index (χ0) is 15.1. The van der Waals surface area contributed by atoms with Crippen LogP contribution < -0.4 is 0 Å². The Labute approximate surface area is 121 Å². The number of aliphatic hydroxyl groups excluding tert-OH is 1. The Morgan fingerprint density at radius 1 is 1.25 bits per heavy atom. The van der Waals surface area contributed by atoms with E-state index in [0.29, 0.717) is 19.0 Å². The lowest BCUT2D eigenvalue weighted by molar-refractivity contribution is -0.137. The molecule has 2 N–H and O–H groups in total. The molecule has 4 nitrogen and oxygen atoms in total. The number of aliphatic carboxylic acids is 1. The Hall–Kier alpha value is -1.39. The molecular weight excluding hydrogens is 254 g/mol. The second-order valence-electron chi connectivity index (χ2n) is 5.76. The number of nitrogens with zero attached hydrogens (tertiary/aromatic N) is 1. The number of likely N-dealkylation sites (N-methyl/N-ethyl adjacent to an activating group) is 1. The lowest BCUT2D eigenvalue weighted by atomic mass is 10.00. The van der Waals surface area contributed by atoms with Crippen LogP contribution in [-0.4, -0.2) is 41.2 Å². The average molecular weight is 279 g/mol. The third-order valence-corrected chi connectivity index (χ3v) is 3.20. The van der Waals surface area contributed by atoms with Gasteiger partial charge in [-0.3, -0.25) is 4.79 Å². The summed E-state index contributed by atoms with van der Waals surface area (Å²) in [5.41, 5.74) is 2.15. The van der Waals surface area contributed by atoms with Crippen LogP contribution in [0.1, 0.15) is 37.5 Å². The first-order chi connectivity index (χ1) is 9.38. The number of rotatable bonds is 8. The van der Waals surface area contributed by atoms with E-state index in [4.69, 9.17) is 5.11 Å². The molecule has 0 aliphatic carbocycles. The summed E-state index contributed by atoms with van der Waals surface area (Å²) in [5, 5.41) is 18.8. The van der Waals surface area contributed by atoms with Crippen molar-refractivity contribution in [1.82, 2.24) is 4.90 Å². The Balaban J connectivity index is 2.50. The van der Waals surface area contributed by atoms with Crippen LogP contribution in [0.25, 0.3) is 0 Å². The molecule has 1 rings (SSSR count). The molecule has 0 saturated carbocycles. The third kappa shape index (κ3) is 6.17. The van der Waals surface area contributed by atoms with Gasteiger partial charge in [-0.1, -0.05) is 38.1 Å². The highest BCUT2D eigenvalue weighted by atomic mass is 16.4. The summed E-state index contributed by atoms with van der Waals surface area (Å²) < 4.78 is 0. The molecule has 0 aliphatic rings. The lowest BCUT2D eigenvalue weighted by Gasteiger charge is -2.20. The SMILES string of the molecule is CC(C)Cc1ccc(C(O)CN(C)CCC(=O)O)cc1. The van der Waals surface area contributed by atoms with Crippen molar-refractivity contribution in [1.29, 1.82) is 0 Å². The van der Waals surface area contributed by atoms with Gasteiger partial charge in [0.05, 0.1) is 12.5 Å². The zero-order valence-electron chi connectivity index (χ0n) is 12.5. The fraction of sp³-hybridized carbons (Fsp3) is 0.562. The van der Waals surface area contributed by atoms with Crippen molar-refractivity contribution in [2.45, 2.75) is 32.8 Å². The van der Waals surface area contributed by atoms with Gasteiger partial charge < -0.3 is 15.1 Å². The second kappa shape index (κ2) is 8.02. The van der Waals surface area contributed by atoms with Crippen molar-refractivity contribution < 1.29 is 15.0 Å². The van der Waals surface area contributed by atoms with Gasteiger partial charge >= 0.3 is 5.97 Å². The largest absolute Gasteiger partial charge is 0.481 e. The fourth-order valence-corrected chi connectivity index (χ4v) is 2.13. The molecule has 20 heavy (non-hydrogen) atoms. The van der Waals surface area contributed by atoms with Crippen LogP contribution in [0.4, 0.5) is 0 Å². The quantitative estimate of drug-likeness (QED) is 0.766. The Kier molecular flexibility index (Phi) is 6.68. The summed E-state index contributed by atoms with van der Waals surface area (Å²) >= 11 is 0. The van der Waals surface area contributed by atoms with Crippen LogP contribution >= 0.6 is 0 Å². The Bertz CT molecular complexity index is 414. The van der Waals surface area contributed by atoms with Gasteiger partial charge in [-0.25, -0.2) is 0 Å². The second-order valence-corrected chi connectivity index (χ2v) is 5.76.